The van der Waals surface area contributed by atoms with E-state index in [-0.39, 0.29) is 11.3 Å². The van der Waals surface area contributed by atoms with Crippen molar-refractivity contribution in [2.24, 2.45) is 0 Å². The number of aromatic nitrogens is 1. The van der Waals surface area contributed by atoms with E-state index in [0.717, 1.165) is 22.5 Å². The van der Waals surface area contributed by atoms with Gasteiger partial charge in [-0.3, -0.25) is 4.79 Å². The van der Waals surface area contributed by atoms with Crippen LogP contribution in [0.5, 0.6) is 0 Å². The first-order chi connectivity index (χ1) is 10.6. The SMILES string of the molecule is CC1(C)C2=CCNC(=O)C2(c2ccccc2)Cc2cnoc21. The van der Waals surface area contributed by atoms with Crippen LogP contribution in [0.1, 0.15) is 30.7 Å². The third kappa shape index (κ3) is 1.52. The van der Waals surface area contributed by atoms with Crippen molar-refractivity contribution in [3.05, 3.63) is 65.1 Å². The van der Waals surface area contributed by atoms with Gasteiger partial charge in [-0.2, -0.15) is 0 Å². The van der Waals surface area contributed by atoms with Crippen molar-refractivity contribution in [3.63, 3.8) is 0 Å². The smallest absolute Gasteiger partial charge is 0.235 e. The second-order valence-corrected chi connectivity index (χ2v) is 6.58. The maximum atomic E-state index is 13.0. The molecule has 1 aliphatic heterocycles. The molecule has 0 spiro atoms. The highest BCUT2D eigenvalue weighted by molar-refractivity contribution is 5.95. The number of benzene rings is 1. The number of nitrogens with zero attached hydrogens (tertiary/aromatic N) is 1. The van der Waals surface area contributed by atoms with E-state index in [1.165, 1.54) is 0 Å². The Morgan fingerprint density at radius 2 is 2.00 bits per heavy atom. The summed E-state index contributed by atoms with van der Waals surface area (Å²) in [5.74, 6) is 0.941. The Balaban J connectivity index is 2.04. The molecule has 2 aliphatic rings. The van der Waals surface area contributed by atoms with Crippen LogP contribution in [-0.2, 0) is 22.0 Å². The molecule has 0 saturated heterocycles. The van der Waals surface area contributed by atoms with Crippen LogP contribution in [0.2, 0.25) is 0 Å². The predicted molar refractivity (Wildman–Crippen MR) is 82.4 cm³/mol. The van der Waals surface area contributed by atoms with Crippen molar-refractivity contribution in [2.45, 2.75) is 31.1 Å². The fraction of sp³-hybridized carbons (Fsp3) is 0.333. The molecule has 1 aromatic heterocycles. The Labute approximate surface area is 129 Å². The van der Waals surface area contributed by atoms with E-state index >= 15 is 0 Å². The van der Waals surface area contributed by atoms with Crippen molar-refractivity contribution in [1.29, 1.82) is 0 Å². The summed E-state index contributed by atoms with van der Waals surface area (Å²) in [6, 6.07) is 10.0. The molecule has 1 amide bonds. The molecule has 4 heteroatoms. The van der Waals surface area contributed by atoms with Crippen molar-refractivity contribution in [1.82, 2.24) is 10.5 Å². The molecule has 112 valence electrons. The van der Waals surface area contributed by atoms with E-state index in [1.807, 2.05) is 30.3 Å². The highest BCUT2D eigenvalue weighted by atomic mass is 16.5. The molecular formula is C18H18N2O2. The van der Waals surface area contributed by atoms with Gasteiger partial charge in [-0.05, 0) is 31.4 Å². The van der Waals surface area contributed by atoms with Gasteiger partial charge in [-0.1, -0.05) is 41.6 Å². The molecule has 22 heavy (non-hydrogen) atoms. The molecule has 1 atom stereocenters. The Morgan fingerprint density at radius 3 is 2.77 bits per heavy atom. The second-order valence-electron chi connectivity index (χ2n) is 6.58. The van der Waals surface area contributed by atoms with Gasteiger partial charge in [0.15, 0.2) is 0 Å². The van der Waals surface area contributed by atoms with Gasteiger partial charge in [-0.15, -0.1) is 0 Å². The van der Waals surface area contributed by atoms with Crippen LogP contribution in [0.25, 0.3) is 0 Å². The zero-order valence-electron chi connectivity index (χ0n) is 12.7. The van der Waals surface area contributed by atoms with Crippen molar-refractivity contribution >= 4 is 5.91 Å². The van der Waals surface area contributed by atoms with Crippen LogP contribution in [0.3, 0.4) is 0 Å². The van der Waals surface area contributed by atoms with Crippen molar-refractivity contribution in [2.75, 3.05) is 6.54 Å². The summed E-state index contributed by atoms with van der Waals surface area (Å²) in [6.07, 6.45) is 4.48. The lowest BCUT2D eigenvalue weighted by Crippen LogP contribution is -2.56. The molecule has 1 unspecified atom stereocenters. The van der Waals surface area contributed by atoms with Gasteiger partial charge in [-0.25, -0.2) is 0 Å². The van der Waals surface area contributed by atoms with Gasteiger partial charge in [0.1, 0.15) is 11.2 Å². The van der Waals surface area contributed by atoms with Gasteiger partial charge < -0.3 is 9.84 Å². The number of carbonyl (C=O) groups is 1. The molecule has 2 aromatic rings. The molecule has 2 heterocycles. The summed E-state index contributed by atoms with van der Waals surface area (Å²) in [7, 11) is 0. The van der Waals surface area contributed by atoms with Gasteiger partial charge >= 0.3 is 0 Å². The second kappa shape index (κ2) is 4.32. The van der Waals surface area contributed by atoms with Crippen LogP contribution in [0.4, 0.5) is 0 Å². The highest BCUT2D eigenvalue weighted by Crippen LogP contribution is 2.52. The van der Waals surface area contributed by atoms with E-state index in [2.05, 4.69) is 30.4 Å². The first-order valence-corrected chi connectivity index (χ1v) is 7.56. The number of nitrogens with one attached hydrogen (secondary N) is 1. The maximum Gasteiger partial charge on any atom is 0.235 e. The van der Waals surface area contributed by atoms with Crippen molar-refractivity contribution in [3.8, 4) is 0 Å². The Bertz CT molecular complexity index is 773. The van der Waals surface area contributed by atoms with Crippen LogP contribution < -0.4 is 5.32 Å². The molecule has 4 nitrogen and oxygen atoms in total. The molecule has 1 aromatic carbocycles. The summed E-state index contributed by atoms with van der Waals surface area (Å²) in [5, 5.41) is 6.99. The van der Waals surface area contributed by atoms with Crippen LogP contribution in [-0.4, -0.2) is 17.6 Å². The minimum Gasteiger partial charge on any atom is -0.360 e. The number of fused-ring (bicyclic) bond motifs is 2. The highest BCUT2D eigenvalue weighted by Gasteiger charge is 2.55. The average molecular weight is 294 g/mol. The Morgan fingerprint density at radius 1 is 1.23 bits per heavy atom. The molecule has 4 rings (SSSR count). The quantitative estimate of drug-likeness (QED) is 0.822. The van der Waals surface area contributed by atoms with E-state index in [1.54, 1.807) is 6.20 Å². The topological polar surface area (TPSA) is 55.1 Å². The third-order valence-electron chi connectivity index (χ3n) is 5.02. The third-order valence-corrected chi connectivity index (χ3v) is 5.02. The van der Waals surface area contributed by atoms with E-state index in [9.17, 15) is 4.79 Å². The van der Waals surface area contributed by atoms with E-state index in [4.69, 9.17) is 4.52 Å². The molecule has 0 saturated carbocycles. The molecule has 0 radical (unpaired) electrons. The number of carbonyl (C=O) groups excluding carboxylic acids is 1. The van der Waals surface area contributed by atoms with Crippen LogP contribution in [0.15, 0.2) is 52.7 Å². The Hall–Kier alpha value is -2.36. The Kier molecular flexibility index (Phi) is 2.61. The summed E-state index contributed by atoms with van der Waals surface area (Å²) in [4.78, 5) is 13.0. The van der Waals surface area contributed by atoms with Gasteiger partial charge in [0.2, 0.25) is 5.91 Å². The lowest BCUT2D eigenvalue weighted by Gasteiger charge is -2.47. The average Bonchev–Trinajstić information content (AvgIpc) is 2.99. The first-order valence-electron chi connectivity index (χ1n) is 7.56. The number of hydrogen-bond donors (Lipinski definition) is 1. The minimum absolute atomic E-state index is 0.0659. The standard InChI is InChI=1S/C18H18N2O2/c1-17(2)14-8-9-19-16(21)18(14,13-6-4-3-5-7-13)10-12-11-20-22-15(12)17/h3-8,11H,9-10H2,1-2H3,(H,19,21). The predicted octanol–water partition coefficient (Wildman–Crippen LogP) is 2.50. The van der Waals surface area contributed by atoms with E-state index in [0.29, 0.717) is 13.0 Å². The van der Waals surface area contributed by atoms with Crippen LogP contribution in [0, 0.1) is 0 Å². The fourth-order valence-corrected chi connectivity index (χ4v) is 4.08. The molecule has 1 N–H and O–H groups in total. The normalized spacial score (nSPS) is 25.7. The van der Waals surface area contributed by atoms with Gasteiger partial charge in [0, 0.05) is 17.5 Å². The van der Waals surface area contributed by atoms with E-state index < -0.39 is 5.41 Å². The van der Waals surface area contributed by atoms with Gasteiger partial charge in [0.05, 0.1) is 6.20 Å². The molecule has 0 fully saturated rings. The molecule has 0 bridgehead atoms. The van der Waals surface area contributed by atoms with Crippen molar-refractivity contribution < 1.29 is 9.32 Å². The number of hydrogen-bond acceptors (Lipinski definition) is 3. The number of amides is 1. The largest absolute Gasteiger partial charge is 0.360 e. The molecule has 1 aliphatic carbocycles. The molecular weight excluding hydrogens is 276 g/mol. The number of rotatable bonds is 1. The summed E-state index contributed by atoms with van der Waals surface area (Å²) >= 11 is 0. The zero-order valence-corrected chi connectivity index (χ0v) is 12.7. The maximum absolute atomic E-state index is 13.0. The summed E-state index contributed by atoms with van der Waals surface area (Å²) in [6.45, 7) is 4.78. The summed E-state index contributed by atoms with van der Waals surface area (Å²) in [5.41, 5.74) is 2.14. The van der Waals surface area contributed by atoms with Crippen LogP contribution >= 0.6 is 0 Å². The monoisotopic (exact) mass is 294 g/mol. The lowest BCUT2D eigenvalue weighted by molar-refractivity contribution is -0.126. The minimum atomic E-state index is -0.665. The summed E-state index contributed by atoms with van der Waals surface area (Å²) < 4.78 is 5.51. The zero-order chi connectivity index (χ0) is 15.4. The lowest BCUT2D eigenvalue weighted by atomic mass is 9.56. The van der Waals surface area contributed by atoms with Gasteiger partial charge in [0.25, 0.3) is 0 Å². The first kappa shape index (κ1) is 13.3. The fourth-order valence-electron chi connectivity index (χ4n) is 4.08.